The molecular formula is C23H32LiN3. The molecule has 0 saturated carbocycles. The van der Waals surface area contributed by atoms with Crippen molar-refractivity contribution in [3.63, 3.8) is 0 Å². The molecule has 0 amide bonds. The summed E-state index contributed by atoms with van der Waals surface area (Å²) in [5.74, 6) is 1.67. The Morgan fingerprint density at radius 2 is 1.44 bits per heavy atom. The van der Waals surface area contributed by atoms with E-state index in [2.05, 4.69) is 77.0 Å². The van der Waals surface area contributed by atoms with Gasteiger partial charge < -0.3 is 15.2 Å². The van der Waals surface area contributed by atoms with E-state index in [1.807, 2.05) is 18.2 Å². The third-order valence-electron chi connectivity index (χ3n) is 4.40. The van der Waals surface area contributed by atoms with Gasteiger partial charge in [-0.15, -0.1) is 0 Å². The monoisotopic (exact) mass is 357 g/mol. The molecule has 3 nitrogen and oxygen atoms in total. The van der Waals surface area contributed by atoms with Crippen LogP contribution in [0, 0.1) is 0 Å². The van der Waals surface area contributed by atoms with Gasteiger partial charge in [0.25, 0.3) is 0 Å². The van der Waals surface area contributed by atoms with Crippen molar-refractivity contribution in [2.45, 2.75) is 39.5 Å². The minimum atomic E-state index is 0. The Hall–Kier alpha value is -1.53. The van der Waals surface area contributed by atoms with Crippen molar-refractivity contribution in [1.29, 1.82) is 0 Å². The van der Waals surface area contributed by atoms with E-state index in [1.54, 1.807) is 0 Å². The summed E-state index contributed by atoms with van der Waals surface area (Å²) in [6.07, 6.45) is 0. The van der Waals surface area contributed by atoms with Gasteiger partial charge in [0, 0.05) is 0 Å². The molecule has 0 aromatic heterocycles. The van der Waals surface area contributed by atoms with Crippen molar-refractivity contribution in [2.75, 3.05) is 27.2 Å². The van der Waals surface area contributed by atoms with Crippen molar-refractivity contribution in [3.05, 3.63) is 70.5 Å². The van der Waals surface area contributed by atoms with Gasteiger partial charge in [-0.05, 0) is 61.4 Å². The van der Waals surface area contributed by atoms with Crippen LogP contribution in [0.25, 0.3) is 5.32 Å². The van der Waals surface area contributed by atoms with E-state index >= 15 is 0 Å². The number of hydrogen-bond donors (Lipinski definition) is 0. The first-order chi connectivity index (χ1) is 12.4. The second-order valence-corrected chi connectivity index (χ2v) is 7.58. The van der Waals surface area contributed by atoms with Gasteiger partial charge >= 0.3 is 18.9 Å². The number of aliphatic imine (C=N–C) groups is 1. The van der Waals surface area contributed by atoms with E-state index in [0.29, 0.717) is 11.8 Å². The van der Waals surface area contributed by atoms with Crippen LogP contribution in [0.5, 0.6) is 0 Å². The topological polar surface area (TPSA) is 29.7 Å². The molecule has 27 heavy (non-hydrogen) atoms. The van der Waals surface area contributed by atoms with Gasteiger partial charge in [0.2, 0.25) is 0 Å². The van der Waals surface area contributed by atoms with Crippen molar-refractivity contribution >= 4 is 11.5 Å². The van der Waals surface area contributed by atoms with Crippen molar-refractivity contribution in [1.82, 2.24) is 4.90 Å². The molecule has 0 atom stereocenters. The SMILES string of the molecule is CC(C)c1cccc(C(C)C)c1[N-]C(=NCCN(C)C)c1ccccc1.[Li+]. The van der Waals surface area contributed by atoms with Crippen molar-refractivity contribution in [2.24, 2.45) is 4.99 Å². The van der Waals surface area contributed by atoms with Crippen LogP contribution in [0.4, 0.5) is 5.69 Å². The molecule has 0 N–H and O–H groups in total. The maximum Gasteiger partial charge on any atom is 1.00 e. The molecule has 0 fully saturated rings. The maximum atomic E-state index is 5.10. The van der Waals surface area contributed by atoms with Gasteiger partial charge in [0.1, 0.15) is 0 Å². The van der Waals surface area contributed by atoms with Gasteiger partial charge in [-0.25, -0.2) is 0 Å². The Bertz CT molecular complexity index is 695. The van der Waals surface area contributed by atoms with Gasteiger partial charge in [-0.1, -0.05) is 82.1 Å². The van der Waals surface area contributed by atoms with Crippen LogP contribution in [0.15, 0.2) is 53.5 Å². The number of likely N-dealkylation sites (N-methyl/N-ethyl adjacent to an activating group) is 1. The van der Waals surface area contributed by atoms with Crippen LogP contribution in [-0.4, -0.2) is 37.9 Å². The van der Waals surface area contributed by atoms with Crippen molar-refractivity contribution in [3.8, 4) is 0 Å². The fourth-order valence-electron chi connectivity index (χ4n) is 2.88. The summed E-state index contributed by atoms with van der Waals surface area (Å²) in [7, 11) is 4.14. The summed E-state index contributed by atoms with van der Waals surface area (Å²) >= 11 is 0. The summed E-state index contributed by atoms with van der Waals surface area (Å²) in [5.41, 5.74) is 4.73. The van der Waals surface area contributed by atoms with Crippen molar-refractivity contribution < 1.29 is 18.9 Å². The van der Waals surface area contributed by atoms with Gasteiger partial charge in [-0.3, -0.25) is 0 Å². The Balaban J connectivity index is 0.00000364. The van der Waals surface area contributed by atoms with Crippen LogP contribution in [0.1, 0.15) is 56.2 Å². The number of para-hydroxylation sites is 1. The number of amidine groups is 1. The zero-order chi connectivity index (χ0) is 19.1. The molecule has 0 heterocycles. The number of hydrogen-bond acceptors (Lipinski definition) is 2. The number of nitrogens with zero attached hydrogens (tertiary/aromatic N) is 3. The molecular weight excluding hydrogens is 325 g/mol. The summed E-state index contributed by atoms with van der Waals surface area (Å²) in [5, 5.41) is 5.10. The van der Waals surface area contributed by atoms with E-state index in [9.17, 15) is 0 Å². The molecule has 0 spiro atoms. The minimum absolute atomic E-state index is 0. The molecule has 0 radical (unpaired) electrons. The standard InChI is InChI=1S/C23H32N3.Li/c1-17(2)20-13-10-14-21(18(3)4)22(20)25-23(24-15-16-26(5)6)19-11-8-7-9-12-19;/h7-14,17-18H,15-16H2,1-6H3;/q-1;+1. The Kier molecular flexibility index (Phi) is 9.87. The first kappa shape index (κ1) is 23.5. The van der Waals surface area contributed by atoms with E-state index in [0.717, 1.165) is 30.2 Å². The summed E-state index contributed by atoms with van der Waals surface area (Å²) in [6, 6.07) is 16.8. The van der Waals surface area contributed by atoms with E-state index in [4.69, 9.17) is 10.3 Å². The van der Waals surface area contributed by atoms with E-state index in [1.165, 1.54) is 11.1 Å². The normalized spacial score (nSPS) is 11.8. The Morgan fingerprint density at radius 1 is 0.889 bits per heavy atom. The molecule has 2 aromatic carbocycles. The number of benzene rings is 2. The quantitative estimate of drug-likeness (QED) is 0.426. The number of rotatable bonds is 7. The minimum Gasteiger partial charge on any atom is -0.464 e. The maximum absolute atomic E-state index is 5.10. The van der Waals surface area contributed by atoms with Crippen LogP contribution in [0.3, 0.4) is 0 Å². The van der Waals surface area contributed by atoms with Gasteiger partial charge in [0.15, 0.2) is 0 Å². The molecule has 0 aliphatic carbocycles. The molecule has 0 aliphatic rings. The molecule has 140 valence electrons. The predicted molar refractivity (Wildman–Crippen MR) is 114 cm³/mol. The molecule has 2 rings (SSSR count). The van der Waals surface area contributed by atoms with Gasteiger partial charge in [-0.2, -0.15) is 0 Å². The predicted octanol–water partition coefficient (Wildman–Crippen LogP) is 2.95. The molecule has 2 aromatic rings. The molecule has 0 aliphatic heterocycles. The van der Waals surface area contributed by atoms with Crippen LogP contribution < -0.4 is 18.9 Å². The third-order valence-corrected chi connectivity index (χ3v) is 4.40. The van der Waals surface area contributed by atoms with Crippen LogP contribution >= 0.6 is 0 Å². The molecule has 0 saturated heterocycles. The first-order valence-electron chi connectivity index (χ1n) is 9.49. The summed E-state index contributed by atoms with van der Waals surface area (Å²) in [6.45, 7) is 10.6. The summed E-state index contributed by atoms with van der Waals surface area (Å²) in [4.78, 5) is 6.99. The van der Waals surface area contributed by atoms with Crippen LogP contribution in [0.2, 0.25) is 0 Å². The Labute approximate surface area is 177 Å². The largest absolute Gasteiger partial charge is 1.00 e. The van der Waals surface area contributed by atoms with E-state index in [-0.39, 0.29) is 18.9 Å². The second kappa shape index (κ2) is 11.3. The third kappa shape index (κ3) is 6.85. The Morgan fingerprint density at radius 3 is 1.93 bits per heavy atom. The molecule has 0 bridgehead atoms. The average Bonchev–Trinajstić information content (AvgIpc) is 2.61. The average molecular weight is 357 g/mol. The molecule has 0 unspecified atom stereocenters. The van der Waals surface area contributed by atoms with E-state index < -0.39 is 0 Å². The first-order valence-corrected chi connectivity index (χ1v) is 9.49. The fraction of sp³-hybridized carbons (Fsp3) is 0.435. The van der Waals surface area contributed by atoms with Crippen LogP contribution in [-0.2, 0) is 0 Å². The smallest absolute Gasteiger partial charge is 0.464 e. The fourth-order valence-corrected chi connectivity index (χ4v) is 2.88. The zero-order valence-corrected chi connectivity index (χ0v) is 18.0. The second-order valence-electron chi connectivity index (χ2n) is 7.58. The zero-order valence-electron chi connectivity index (χ0n) is 18.0. The molecule has 4 heteroatoms. The summed E-state index contributed by atoms with van der Waals surface area (Å²) < 4.78 is 0. The van der Waals surface area contributed by atoms with Gasteiger partial charge in [0.05, 0.1) is 0 Å².